The second-order valence-corrected chi connectivity index (χ2v) is 23.5. The van der Waals surface area contributed by atoms with E-state index in [2.05, 4.69) is 67.5 Å². The molecule has 190 valence electrons. The van der Waals surface area contributed by atoms with E-state index in [0.717, 1.165) is 10.4 Å². The van der Waals surface area contributed by atoms with Gasteiger partial charge in [-0.2, -0.15) is 0 Å². The minimum absolute atomic E-state index is 0.334. The van der Waals surface area contributed by atoms with Crippen molar-refractivity contribution in [3.05, 3.63) is 102 Å². The third-order valence-corrected chi connectivity index (χ3v) is 18.0. The molecule has 0 unspecified atom stereocenters. The Morgan fingerprint density at radius 2 is 0.944 bits per heavy atom. The van der Waals surface area contributed by atoms with Crippen LogP contribution in [0, 0.1) is 10.8 Å². The van der Waals surface area contributed by atoms with Crippen LogP contribution in [0.5, 0.6) is 0 Å². The van der Waals surface area contributed by atoms with Crippen molar-refractivity contribution in [3.8, 4) is 0 Å². The third-order valence-electron chi connectivity index (χ3n) is 6.97. The van der Waals surface area contributed by atoms with E-state index in [9.17, 15) is 0 Å². The van der Waals surface area contributed by atoms with Crippen LogP contribution >= 0.6 is 22.2 Å². The minimum Gasteiger partial charge on any atom is -0.134 e. The van der Waals surface area contributed by atoms with Gasteiger partial charge in [-0.3, -0.25) is 0 Å². The molecule has 36 heavy (non-hydrogen) atoms. The van der Waals surface area contributed by atoms with Crippen molar-refractivity contribution in [3.63, 3.8) is 0 Å². The summed E-state index contributed by atoms with van der Waals surface area (Å²) >= 11 is 12.2. The van der Waals surface area contributed by atoms with Crippen LogP contribution in [0.15, 0.2) is 102 Å². The van der Waals surface area contributed by atoms with E-state index in [-0.39, 0.29) is 0 Å². The van der Waals surface area contributed by atoms with Crippen LogP contribution in [0.3, 0.4) is 0 Å². The fraction of sp³-hybridized carbons (Fsp3) is 0.375. The van der Waals surface area contributed by atoms with E-state index in [1.807, 2.05) is 67.3 Å². The van der Waals surface area contributed by atoms with E-state index in [4.69, 9.17) is 22.2 Å². The fourth-order valence-electron chi connectivity index (χ4n) is 4.35. The Bertz CT molecular complexity index is 1090. The van der Waals surface area contributed by atoms with E-state index in [1.54, 1.807) is 22.3 Å². The van der Waals surface area contributed by atoms with Crippen molar-refractivity contribution in [2.24, 2.45) is 10.8 Å². The predicted octanol–water partition coefficient (Wildman–Crippen LogP) is 9.09. The number of allylic oxidation sites excluding steroid dienone is 8. The number of halogens is 2. The van der Waals surface area contributed by atoms with Crippen LogP contribution in [0.25, 0.3) is 0 Å². The van der Waals surface area contributed by atoms with Crippen LogP contribution < -0.4 is 10.4 Å². The standard InChI is InChI=1S/C12H10Cl2Si.2C10H15.Hf/c13-15(14,11-7-3-1-4-8-11)12-9-5-2-6-10-12;2*1-8-5-6-9(7-8)10(2,3)4;/h1-10H;2*7H,6H2,1-4H3;. The molecule has 2 aromatic rings. The summed E-state index contributed by atoms with van der Waals surface area (Å²) in [5, 5.41) is 2.05. The molecule has 4 rings (SSSR count). The number of hydrogen-bond acceptors (Lipinski definition) is 0. The SMILES string of the molecule is CC1=[C]([Hf][C]2=C(C)C=C(C(C)(C)C)C2)CC(C(C)(C)C)=C1.Cl[Si](Cl)(c1ccccc1)c1ccccc1. The molecule has 0 atom stereocenters. The molecule has 4 heteroatoms. The van der Waals surface area contributed by atoms with Gasteiger partial charge in [0.1, 0.15) is 0 Å². The summed E-state index contributed by atoms with van der Waals surface area (Å²) in [6, 6.07) is 19.7. The van der Waals surface area contributed by atoms with Gasteiger partial charge in [-0.1, -0.05) is 60.7 Å². The second-order valence-electron chi connectivity index (χ2n) is 11.9. The van der Waals surface area contributed by atoms with Gasteiger partial charge < -0.3 is 0 Å². The maximum atomic E-state index is 6.49. The van der Waals surface area contributed by atoms with Gasteiger partial charge in [0, 0.05) is 0 Å². The van der Waals surface area contributed by atoms with Gasteiger partial charge in [0.25, 0.3) is 0 Å². The zero-order valence-corrected chi connectivity index (χ0v) is 29.2. The Morgan fingerprint density at radius 1 is 0.611 bits per heavy atom. The van der Waals surface area contributed by atoms with E-state index < -0.39 is 29.6 Å². The molecular formula is C32H40Cl2HfSi. The summed E-state index contributed by atoms with van der Waals surface area (Å²) in [6.45, 7) is 16.3. The second kappa shape index (κ2) is 11.8. The number of hydrogen-bond donors (Lipinski definition) is 0. The zero-order chi connectivity index (χ0) is 26.7. The Morgan fingerprint density at radius 3 is 1.22 bits per heavy atom. The number of rotatable bonds is 4. The molecule has 0 aliphatic heterocycles. The van der Waals surface area contributed by atoms with Gasteiger partial charge in [-0.25, -0.2) is 0 Å². The van der Waals surface area contributed by atoms with Crippen LogP contribution in [0.1, 0.15) is 68.2 Å². The average molecular weight is 702 g/mol. The van der Waals surface area contributed by atoms with Gasteiger partial charge in [0.2, 0.25) is 0 Å². The topological polar surface area (TPSA) is 0 Å². The van der Waals surface area contributed by atoms with Gasteiger partial charge in [0.15, 0.2) is 0 Å². The molecule has 2 aliphatic rings. The van der Waals surface area contributed by atoms with Crippen molar-refractivity contribution >= 4 is 39.2 Å². The van der Waals surface area contributed by atoms with Crippen LogP contribution in [-0.2, 0) is 22.9 Å². The average Bonchev–Trinajstić information content (AvgIpc) is 3.38. The first-order chi connectivity index (χ1) is 16.7. The molecule has 0 fully saturated rings. The molecule has 2 aromatic carbocycles. The summed E-state index contributed by atoms with van der Waals surface area (Å²) < 4.78 is 3.66. The van der Waals surface area contributed by atoms with Crippen LogP contribution in [0.4, 0.5) is 0 Å². The molecule has 0 aromatic heterocycles. The van der Waals surface area contributed by atoms with Crippen LogP contribution in [-0.4, -0.2) is 6.69 Å². The molecule has 0 saturated carbocycles. The Labute approximate surface area is 241 Å². The maximum Gasteiger partial charge on any atom is 0.310 e. The minimum atomic E-state index is -2.51. The van der Waals surface area contributed by atoms with E-state index in [0.29, 0.717) is 10.8 Å². The summed E-state index contributed by atoms with van der Waals surface area (Å²) in [7, 11) is 0. The van der Waals surface area contributed by atoms with Gasteiger partial charge >= 0.3 is 150 Å². The Hall–Kier alpha value is -0.933. The van der Waals surface area contributed by atoms with E-state index in [1.165, 1.54) is 12.8 Å². The van der Waals surface area contributed by atoms with E-state index >= 15 is 0 Å². The van der Waals surface area contributed by atoms with Crippen molar-refractivity contribution in [1.29, 1.82) is 0 Å². The van der Waals surface area contributed by atoms with Gasteiger partial charge in [-0.05, 0) is 10.4 Å². The zero-order valence-electron chi connectivity index (χ0n) is 23.1. The molecule has 0 amide bonds. The number of benzene rings is 2. The first kappa shape index (κ1) is 29.6. The fourth-order valence-corrected chi connectivity index (χ4v) is 12.7. The molecule has 0 radical (unpaired) electrons. The maximum absolute atomic E-state index is 6.49. The van der Waals surface area contributed by atoms with Crippen molar-refractivity contribution in [1.82, 2.24) is 0 Å². The molecule has 2 aliphatic carbocycles. The summed E-state index contributed by atoms with van der Waals surface area (Å²) in [4.78, 5) is 0. The van der Waals surface area contributed by atoms with Gasteiger partial charge in [0.05, 0.1) is 0 Å². The molecule has 0 saturated heterocycles. The van der Waals surface area contributed by atoms with Gasteiger partial charge in [-0.15, -0.1) is 22.2 Å². The molecule has 0 spiro atoms. The molecule has 0 N–H and O–H groups in total. The third kappa shape index (κ3) is 7.56. The monoisotopic (exact) mass is 702 g/mol. The van der Waals surface area contributed by atoms with Crippen molar-refractivity contribution in [2.45, 2.75) is 68.2 Å². The summed E-state index contributed by atoms with van der Waals surface area (Å²) in [5.74, 6) is 0. The Balaban J connectivity index is 0.000000212. The largest absolute Gasteiger partial charge is 0.310 e. The quantitative estimate of drug-likeness (QED) is 0.221. The predicted molar refractivity (Wildman–Crippen MR) is 159 cm³/mol. The first-order valence-corrected chi connectivity index (χ1v) is 20.4. The summed E-state index contributed by atoms with van der Waals surface area (Å²) in [6.07, 6.45) is 7.48. The smallest absolute Gasteiger partial charge is 0.134 e. The van der Waals surface area contributed by atoms with Crippen molar-refractivity contribution < 1.29 is 22.9 Å². The normalized spacial score (nSPS) is 16.5. The molecular weight excluding hydrogens is 662 g/mol. The molecule has 0 nitrogen and oxygen atoms in total. The summed E-state index contributed by atoms with van der Waals surface area (Å²) in [5.41, 5.74) is 7.13. The molecule has 0 heterocycles. The Kier molecular flexibility index (Phi) is 9.75. The molecule has 0 bridgehead atoms. The first-order valence-electron chi connectivity index (χ1n) is 12.8. The van der Waals surface area contributed by atoms with Crippen LogP contribution in [0.2, 0.25) is 0 Å². The van der Waals surface area contributed by atoms with Crippen molar-refractivity contribution in [2.75, 3.05) is 0 Å².